The zero-order chi connectivity index (χ0) is 10.8. The molecule has 0 aromatic heterocycles. The highest BCUT2D eigenvalue weighted by molar-refractivity contribution is 5.75. The molecule has 3 heteroatoms. The number of carbonyl (C=O) groups is 1. The number of carbonyl (C=O) groups excluding carboxylic acids is 1. The maximum atomic E-state index is 11.5. The van der Waals surface area contributed by atoms with Gasteiger partial charge >= 0.3 is 6.03 Å². The summed E-state index contributed by atoms with van der Waals surface area (Å²) < 4.78 is 0. The van der Waals surface area contributed by atoms with Crippen molar-refractivity contribution in [3.8, 4) is 0 Å². The molecule has 0 bridgehead atoms. The second-order valence-corrected chi connectivity index (χ2v) is 5.46. The van der Waals surface area contributed by atoms with Crippen molar-refractivity contribution in [3.05, 3.63) is 0 Å². The van der Waals surface area contributed by atoms with E-state index in [1.54, 1.807) is 0 Å². The third-order valence-corrected chi connectivity index (χ3v) is 2.52. The van der Waals surface area contributed by atoms with E-state index in [-0.39, 0.29) is 11.6 Å². The van der Waals surface area contributed by atoms with Crippen molar-refractivity contribution in [2.24, 2.45) is 5.92 Å². The number of amides is 2. The Kier molecular flexibility index (Phi) is 3.40. The van der Waals surface area contributed by atoms with Crippen LogP contribution in [-0.2, 0) is 0 Å². The van der Waals surface area contributed by atoms with Gasteiger partial charge in [0.15, 0.2) is 0 Å². The summed E-state index contributed by atoms with van der Waals surface area (Å²) in [5.41, 5.74) is -0.145. The van der Waals surface area contributed by atoms with Gasteiger partial charge in [-0.1, -0.05) is 6.92 Å². The zero-order valence-corrected chi connectivity index (χ0v) is 9.68. The van der Waals surface area contributed by atoms with Gasteiger partial charge in [-0.25, -0.2) is 4.79 Å². The summed E-state index contributed by atoms with van der Waals surface area (Å²) in [4.78, 5) is 11.5. The van der Waals surface area contributed by atoms with Crippen LogP contribution in [0.4, 0.5) is 4.79 Å². The molecule has 2 atom stereocenters. The number of rotatable bonds is 1. The molecule has 1 aliphatic carbocycles. The number of hydrogen-bond acceptors (Lipinski definition) is 1. The normalized spacial score (nSPS) is 27.4. The maximum absolute atomic E-state index is 11.5. The Balaban J connectivity index is 2.27. The summed E-state index contributed by atoms with van der Waals surface area (Å²) in [5.74, 6) is 0.759. The molecule has 82 valence electrons. The minimum absolute atomic E-state index is 0.0309. The third kappa shape index (κ3) is 3.99. The first-order valence-electron chi connectivity index (χ1n) is 5.45. The fraction of sp³-hybridized carbons (Fsp3) is 0.909. The van der Waals surface area contributed by atoms with E-state index in [0.717, 1.165) is 18.8 Å². The Morgan fingerprint density at radius 3 is 2.36 bits per heavy atom. The molecule has 2 N–H and O–H groups in total. The highest BCUT2D eigenvalue weighted by atomic mass is 16.2. The van der Waals surface area contributed by atoms with Crippen LogP contribution < -0.4 is 10.6 Å². The quantitative estimate of drug-likeness (QED) is 0.666. The second-order valence-electron chi connectivity index (χ2n) is 5.46. The maximum Gasteiger partial charge on any atom is 0.315 e. The van der Waals surface area contributed by atoms with Crippen molar-refractivity contribution >= 4 is 6.03 Å². The van der Waals surface area contributed by atoms with Crippen molar-refractivity contribution in [1.82, 2.24) is 10.6 Å². The first kappa shape index (κ1) is 11.3. The Bertz CT molecular complexity index is 208. The van der Waals surface area contributed by atoms with Crippen LogP contribution >= 0.6 is 0 Å². The average Bonchev–Trinajstić information content (AvgIpc) is 2.30. The Hall–Kier alpha value is -0.730. The molecule has 14 heavy (non-hydrogen) atoms. The molecule has 0 radical (unpaired) electrons. The molecule has 0 heterocycles. The van der Waals surface area contributed by atoms with E-state index in [1.165, 1.54) is 6.42 Å². The molecule has 2 unspecified atom stereocenters. The van der Waals surface area contributed by atoms with Crippen LogP contribution in [-0.4, -0.2) is 17.6 Å². The monoisotopic (exact) mass is 198 g/mol. The first-order chi connectivity index (χ1) is 6.37. The fourth-order valence-corrected chi connectivity index (χ4v) is 1.90. The van der Waals surface area contributed by atoms with E-state index in [1.807, 2.05) is 20.8 Å². The van der Waals surface area contributed by atoms with Crippen molar-refractivity contribution < 1.29 is 4.79 Å². The number of hydrogen-bond donors (Lipinski definition) is 2. The van der Waals surface area contributed by atoms with Crippen LogP contribution in [0.25, 0.3) is 0 Å². The van der Waals surface area contributed by atoms with Crippen LogP contribution in [0.2, 0.25) is 0 Å². The summed E-state index contributed by atoms with van der Waals surface area (Å²) in [6.45, 7) is 8.21. The summed E-state index contributed by atoms with van der Waals surface area (Å²) in [6, 6.07) is 0.351. The molecule has 1 fully saturated rings. The Morgan fingerprint density at radius 2 is 1.93 bits per heavy atom. The van der Waals surface area contributed by atoms with Crippen molar-refractivity contribution in [2.75, 3.05) is 0 Å². The predicted octanol–water partition coefficient (Wildman–Crippen LogP) is 2.27. The zero-order valence-electron chi connectivity index (χ0n) is 9.68. The van der Waals surface area contributed by atoms with Gasteiger partial charge in [-0.2, -0.15) is 0 Å². The van der Waals surface area contributed by atoms with E-state index < -0.39 is 0 Å². The van der Waals surface area contributed by atoms with E-state index in [0.29, 0.717) is 6.04 Å². The second kappa shape index (κ2) is 4.20. The van der Waals surface area contributed by atoms with Gasteiger partial charge in [-0.15, -0.1) is 0 Å². The molecule has 2 amide bonds. The van der Waals surface area contributed by atoms with Gasteiger partial charge in [-0.05, 0) is 46.0 Å². The molecular formula is C11H22N2O. The largest absolute Gasteiger partial charge is 0.335 e. The van der Waals surface area contributed by atoms with Gasteiger partial charge in [0, 0.05) is 11.6 Å². The highest BCUT2D eigenvalue weighted by Crippen LogP contribution is 2.24. The molecular weight excluding hydrogens is 176 g/mol. The van der Waals surface area contributed by atoms with Gasteiger partial charge in [0.25, 0.3) is 0 Å². The Labute approximate surface area is 86.6 Å². The van der Waals surface area contributed by atoms with Crippen LogP contribution in [0.5, 0.6) is 0 Å². The average molecular weight is 198 g/mol. The van der Waals surface area contributed by atoms with Crippen LogP contribution in [0.15, 0.2) is 0 Å². The van der Waals surface area contributed by atoms with E-state index in [9.17, 15) is 4.79 Å². The highest BCUT2D eigenvalue weighted by Gasteiger charge is 2.23. The summed E-state index contributed by atoms with van der Waals surface area (Å²) in [6.07, 6.45) is 3.48. The van der Waals surface area contributed by atoms with E-state index in [4.69, 9.17) is 0 Å². The lowest BCUT2D eigenvalue weighted by atomic mass is 10.1. The van der Waals surface area contributed by atoms with Gasteiger partial charge in [0.1, 0.15) is 0 Å². The molecule has 1 aliphatic rings. The molecule has 0 spiro atoms. The lowest BCUT2D eigenvalue weighted by Crippen LogP contribution is -2.49. The number of nitrogens with one attached hydrogen (secondary N) is 2. The van der Waals surface area contributed by atoms with E-state index >= 15 is 0 Å². The molecule has 0 aromatic rings. The first-order valence-corrected chi connectivity index (χ1v) is 5.45. The summed E-state index contributed by atoms with van der Waals surface area (Å²) in [7, 11) is 0. The minimum atomic E-state index is -0.145. The van der Waals surface area contributed by atoms with Crippen molar-refractivity contribution in [1.29, 1.82) is 0 Å². The van der Waals surface area contributed by atoms with E-state index in [2.05, 4.69) is 17.6 Å². The molecule has 1 saturated carbocycles. The third-order valence-electron chi connectivity index (χ3n) is 2.52. The van der Waals surface area contributed by atoms with Gasteiger partial charge in [0.2, 0.25) is 0 Å². The number of urea groups is 1. The lowest BCUT2D eigenvalue weighted by Gasteiger charge is -2.22. The fourth-order valence-electron chi connectivity index (χ4n) is 1.90. The summed E-state index contributed by atoms with van der Waals surface area (Å²) in [5, 5.41) is 5.93. The molecule has 3 nitrogen and oxygen atoms in total. The minimum Gasteiger partial charge on any atom is -0.335 e. The standard InChI is InChI=1S/C11H22N2O/c1-8-5-6-9(7-8)12-10(14)13-11(2,3)4/h8-9H,5-7H2,1-4H3,(H2,12,13,14). The van der Waals surface area contributed by atoms with Gasteiger partial charge in [-0.3, -0.25) is 0 Å². The molecule has 0 aliphatic heterocycles. The molecule has 0 aromatic carbocycles. The van der Waals surface area contributed by atoms with Gasteiger partial charge in [0.05, 0.1) is 0 Å². The summed E-state index contributed by atoms with van der Waals surface area (Å²) >= 11 is 0. The van der Waals surface area contributed by atoms with Gasteiger partial charge < -0.3 is 10.6 Å². The lowest BCUT2D eigenvalue weighted by molar-refractivity contribution is 0.228. The SMILES string of the molecule is CC1CCC(NC(=O)NC(C)(C)C)C1. The molecule has 0 saturated heterocycles. The smallest absolute Gasteiger partial charge is 0.315 e. The van der Waals surface area contributed by atoms with Crippen LogP contribution in [0.3, 0.4) is 0 Å². The molecule has 1 rings (SSSR count). The van der Waals surface area contributed by atoms with Crippen LogP contribution in [0, 0.1) is 5.92 Å². The van der Waals surface area contributed by atoms with Crippen molar-refractivity contribution in [2.45, 2.75) is 58.5 Å². The van der Waals surface area contributed by atoms with Crippen molar-refractivity contribution in [3.63, 3.8) is 0 Å². The van der Waals surface area contributed by atoms with Crippen LogP contribution in [0.1, 0.15) is 47.0 Å². The Morgan fingerprint density at radius 1 is 1.29 bits per heavy atom. The predicted molar refractivity (Wildman–Crippen MR) is 58.2 cm³/mol. The topological polar surface area (TPSA) is 41.1 Å².